The van der Waals surface area contributed by atoms with Crippen molar-refractivity contribution >= 4 is 6.08 Å². The molecule has 2 nitrogen and oxygen atoms in total. The van der Waals surface area contributed by atoms with E-state index in [-0.39, 0.29) is 0 Å². The fourth-order valence-corrected chi connectivity index (χ4v) is 1.90. The van der Waals surface area contributed by atoms with Gasteiger partial charge in [-0.3, -0.25) is 0 Å². The van der Waals surface area contributed by atoms with Crippen molar-refractivity contribution in [2.45, 2.75) is 18.9 Å². The summed E-state index contributed by atoms with van der Waals surface area (Å²) in [6.07, 6.45) is 7.14. The average molecular weight is 230 g/mol. The van der Waals surface area contributed by atoms with Crippen LogP contribution >= 0.6 is 0 Å². The molecule has 0 unspecified atom stereocenters. The summed E-state index contributed by atoms with van der Waals surface area (Å²) in [5, 5.41) is 3.44. The number of nitrogens with one attached hydrogen (secondary N) is 1. The van der Waals surface area contributed by atoms with E-state index in [1.165, 1.54) is 18.4 Å². The molecule has 17 heavy (non-hydrogen) atoms. The van der Waals surface area contributed by atoms with Gasteiger partial charge in [-0.15, -0.1) is 0 Å². The third-order valence-electron chi connectivity index (χ3n) is 3.18. The zero-order valence-corrected chi connectivity index (χ0v) is 10.6. The standard InChI is InChI=1S/C15H22N2/c1-17(15-9-10-15)13-12-16-11-5-8-14-6-3-2-4-7-14/h2-8,15-16H,9-13H2,1H3. The molecule has 1 saturated carbocycles. The van der Waals surface area contributed by atoms with Crippen molar-refractivity contribution in [3.8, 4) is 0 Å². The first-order valence-corrected chi connectivity index (χ1v) is 6.49. The summed E-state index contributed by atoms with van der Waals surface area (Å²) >= 11 is 0. The molecule has 0 aromatic heterocycles. The first-order chi connectivity index (χ1) is 8.36. The van der Waals surface area contributed by atoms with Crippen LogP contribution in [0.25, 0.3) is 6.08 Å². The third kappa shape index (κ3) is 4.72. The molecule has 1 aromatic carbocycles. The highest BCUT2D eigenvalue weighted by Gasteiger charge is 2.25. The fourth-order valence-electron chi connectivity index (χ4n) is 1.90. The highest BCUT2D eigenvalue weighted by Crippen LogP contribution is 2.24. The minimum Gasteiger partial charge on any atom is -0.312 e. The number of rotatable bonds is 7. The summed E-state index contributed by atoms with van der Waals surface area (Å²) < 4.78 is 0. The zero-order chi connectivity index (χ0) is 11.9. The van der Waals surface area contributed by atoms with Crippen LogP contribution in [0, 0.1) is 0 Å². The number of likely N-dealkylation sites (N-methyl/N-ethyl adjacent to an activating group) is 1. The maximum absolute atomic E-state index is 3.44. The Hall–Kier alpha value is -1.12. The molecule has 0 amide bonds. The van der Waals surface area contributed by atoms with Gasteiger partial charge >= 0.3 is 0 Å². The van der Waals surface area contributed by atoms with E-state index in [4.69, 9.17) is 0 Å². The van der Waals surface area contributed by atoms with Crippen LogP contribution in [0.1, 0.15) is 18.4 Å². The highest BCUT2D eigenvalue weighted by atomic mass is 15.2. The van der Waals surface area contributed by atoms with Gasteiger partial charge in [-0.1, -0.05) is 42.5 Å². The van der Waals surface area contributed by atoms with Crippen molar-refractivity contribution in [1.29, 1.82) is 0 Å². The van der Waals surface area contributed by atoms with Gasteiger partial charge in [0, 0.05) is 25.7 Å². The molecule has 1 aliphatic carbocycles. The SMILES string of the molecule is CN(CCNCC=Cc1ccccc1)C1CC1. The number of benzene rings is 1. The first-order valence-electron chi connectivity index (χ1n) is 6.49. The minimum atomic E-state index is 0.872. The molecule has 2 heteroatoms. The van der Waals surface area contributed by atoms with Crippen molar-refractivity contribution in [3.63, 3.8) is 0 Å². The van der Waals surface area contributed by atoms with Crippen LogP contribution in [-0.2, 0) is 0 Å². The van der Waals surface area contributed by atoms with Crippen LogP contribution in [0.5, 0.6) is 0 Å². The van der Waals surface area contributed by atoms with Crippen molar-refractivity contribution < 1.29 is 0 Å². The largest absolute Gasteiger partial charge is 0.312 e. The molecule has 2 rings (SSSR count). The van der Waals surface area contributed by atoms with Gasteiger partial charge in [-0.05, 0) is 25.5 Å². The van der Waals surface area contributed by atoms with Gasteiger partial charge < -0.3 is 10.2 Å². The van der Waals surface area contributed by atoms with Crippen LogP contribution in [0.15, 0.2) is 36.4 Å². The lowest BCUT2D eigenvalue weighted by atomic mass is 10.2. The van der Waals surface area contributed by atoms with Crippen LogP contribution in [0.2, 0.25) is 0 Å². The Kier molecular flexibility index (Phi) is 4.77. The van der Waals surface area contributed by atoms with Gasteiger partial charge in [0.05, 0.1) is 0 Å². The normalized spacial score (nSPS) is 15.9. The lowest BCUT2D eigenvalue weighted by Gasteiger charge is -2.15. The Morgan fingerprint density at radius 1 is 1.29 bits per heavy atom. The van der Waals surface area contributed by atoms with E-state index in [1.54, 1.807) is 0 Å². The summed E-state index contributed by atoms with van der Waals surface area (Å²) in [7, 11) is 2.22. The second-order valence-electron chi connectivity index (χ2n) is 4.73. The molecule has 1 aromatic rings. The Labute approximate surface area is 104 Å². The molecule has 0 saturated heterocycles. The Morgan fingerprint density at radius 3 is 2.76 bits per heavy atom. The Bertz CT molecular complexity index is 341. The van der Waals surface area contributed by atoms with Crippen molar-refractivity contribution in [3.05, 3.63) is 42.0 Å². The second kappa shape index (κ2) is 6.58. The fraction of sp³-hybridized carbons (Fsp3) is 0.467. The topological polar surface area (TPSA) is 15.3 Å². The predicted molar refractivity (Wildman–Crippen MR) is 74.0 cm³/mol. The molecule has 0 spiro atoms. The third-order valence-corrected chi connectivity index (χ3v) is 3.18. The summed E-state index contributed by atoms with van der Waals surface area (Å²) in [5.41, 5.74) is 1.27. The van der Waals surface area contributed by atoms with E-state index >= 15 is 0 Å². The van der Waals surface area contributed by atoms with E-state index < -0.39 is 0 Å². The predicted octanol–water partition coefficient (Wildman–Crippen LogP) is 2.38. The molecule has 0 bridgehead atoms. The monoisotopic (exact) mass is 230 g/mol. The van der Waals surface area contributed by atoms with Gasteiger partial charge in [0.25, 0.3) is 0 Å². The van der Waals surface area contributed by atoms with E-state index in [1.807, 2.05) is 6.07 Å². The van der Waals surface area contributed by atoms with Gasteiger partial charge in [0.15, 0.2) is 0 Å². The van der Waals surface area contributed by atoms with E-state index in [2.05, 4.69) is 53.7 Å². The highest BCUT2D eigenvalue weighted by molar-refractivity contribution is 5.48. The molecule has 1 N–H and O–H groups in total. The molecule has 92 valence electrons. The van der Waals surface area contributed by atoms with Crippen LogP contribution in [-0.4, -0.2) is 37.6 Å². The molecule has 0 aliphatic heterocycles. The van der Waals surface area contributed by atoms with Crippen LogP contribution in [0.3, 0.4) is 0 Å². The molecular weight excluding hydrogens is 208 g/mol. The molecule has 0 atom stereocenters. The van der Waals surface area contributed by atoms with Gasteiger partial charge in [-0.2, -0.15) is 0 Å². The van der Waals surface area contributed by atoms with Crippen LogP contribution < -0.4 is 5.32 Å². The van der Waals surface area contributed by atoms with E-state index in [0.29, 0.717) is 0 Å². The number of hydrogen-bond donors (Lipinski definition) is 1. The van der Waals surface area contributed by atoms with Gasteiger partial charge in [0.1, 0.15) is 0 Å². The zero-order valence-electron chi connectivity index (χ0n) is 10.6. The first kappa shape index (κ1) is 12.3. The molecule has 0 radical (unpaired) electrons. The summed E-state index contributed by atoms with van der Waals surface area (Å²) in [6.45, 7) is 3.18. The molecule has 1 fully saturated rings. The van der Waals surface area contributed by atoms with Crippen molar-refractivity contribution in [1.82, 2.24) is 10.2 Å². The number of nitrogens with zero attached hydrogens (tertiary/aromatic N) is 1. The second-order valence-corrected chi connectivity index (χ2v) is 4.73. The molecular formula is C15H22N2. The average Bonchev–Trinajstić information content (AvgIpc) is 3.19. The van der Waals surface area contributed by atoms with Gasteiger partial charge in [-0.25, -0.2) is 0 Å². The maximum Gasteiger partial charge on any atom is 0.0138 e. The molecule has 0 heterocycles. The van der Waals surface area contributed by atoms with E-state index in [0.717, 1.165) is 25.7 Å². The Morgan fingerprint density at radius 2 is 2.06 bits per heavy atom. The summed E-state index contributed by atoms with van der Waals surface area (Å²) in [4.78, 5) is 2.45. The van der Waals surface area contributed by atoms with Crippen molar-refractivity contribution in [2.24, 2.45) is 0 Å². The summed E-state index contributed by atoms with van der Waals surface area (Å²) in [5.74, 6) is 0. The maximum atomic E-state index is 3.44. The van der Waals surface area contributed by atoms with Crippen molar-refractivity contribution in [2.75, 3.05) is 26.7 Å². The van der Waals surface area contributed by atoms with Crippen LogP contribution in [0.4, 0.5) is 0 Å². The Balaban J connectivity index is 1.55. The molecule has 1 aliphatic rings. The van der Waals surface area contributed by atoms with E-state index in [9.17, 15) is 0 Å². The number of hydrogen-bond acceptors (Lipinski definition) is 2. The lowest BCUT2D eigenvalue weighted by molar-refractivity contribution is 0.324. The smallest absolute Gasteiger partial charge is 0.0138 e. The van der Waals surface area contributed by atoms with Gasteiger partial charge in [0.2, 0.25) is 0 Å². The summed E-state index contributed by atoms with van der Waals surface area (Å²) in [6, 6.07) is 11.3. The lowest BCUT2D eigenvalue weighted by Crippen LogP contribution is -2.30. The minimum absolute atomic E-state index is 0.872. The quantitative estimate of drug-likeness (QED) is 0.724.